The molecule has 2 N–H and O–H groups in total. The van der Waals surface area contributed by atoms with Crippen LogP contribution >= 0.6 is 0 Å². The molecule has 0 aliphatic heterocycles. The first-order valence-corrected chi connectivity index (χ1v) is 5.00. The number of nitriles is 1. The van der Waals surface area contributed by atoms with Crippen LogP contribution in [-0.4, -0.2) is 26.2 Å². The summed E-state index contributed by atoms with van der Waals surface area (Å²) in [6.07, 6.45) is 0. The van der Waals surface area contributed by atoms with Crippen molar-refractivity contribution < 1.29 is 19.1 Å². The molecule has 0 aliphatic carbocycles. The molecule has 0 saturated carbocycles. The number of nitrogens with two attached hydrogens (primary N) is 1. The van der Waals surface area contributed by atoms with Gasteiger partial charge < -0.3 is 15.2 Å². The molecule has 0 unspecified atom stereocenters. The zero-order valence-corrected chi connectivity index (χ0v) is 9.97. The van der Waals surface area contributed by atoms with Crippen molar-refractivity contribution in [3.63, 3.8) is 0 Å². The Morgan fingerprint density at radius 2 is 1.83 bits per heavy atom. The third kappa shape index (κ3) is 2.58. The number of hydrogen-bond acceptors (Lipinski definition) is 6. The summed E-state index contributed by atoms with van der Waals surface area (Å²) in [4.78, 5) is 23.2. The van der Waals surface area contributed by atoms with Crippen molar-refractivity contribution >= 4 is 17.6 Å². The van der Waals surface area contributed by atoms with Gasteiger partial charge in [-0.1, -0.05) is 6.07 Å². The zero-order valence-electron chi connectivity index (χ0n) is 9.97. The van der Waals surface area contributed by atoms with Crippen molar-refractivity contribution in [1.29, 1.82) is 5.26 Å². The van der Waals surface area contributed by atoms with E-state index in [1.165, 1.54) is 18.2 Å². The quantitative estimate of drug-likeness (QED) is 0.476. The van der Waals surface area contributed by atoms with Gasteiger partial charge in [0.05, 0.1) is 25.9 Å². The topological polar surface area (TPSA) is 102 Å². The number of methoxy groups -OCH3 is 2. The summed E-state index contributed by atoms with van der Waals surface area (Å²) in [6.45, 7) is 0. The number of esters is 2. The minimum atomic E-state index is -1.24. The van der Waals surface area contributed by atoms with Crippen LogP contribution in [0.15, 0.2) is 18.2 Å². The molecule has 0 fully saturated rings. The van der Waals surface area contributed by atoms with Crippen LogP contribution in [0, 0.1) is 11.3 Å². The first-order chi connectivity index (χ1) is 8.54. The molecule has 94 valence electrons. The van der Waals surface area contributed by atoms with Gasteiger partial charge in [0.1, 0.15) is 0 Å². The Morgan fingerprint density at radius 1 is 1.28 bits per heavy atom. The van der Waals surface area contributed by atoms with Gasteiger partial charge in [-0.3, -0.25) is 9.59 Å². The van der Waals surface area contributed by atoms with E-state index < -0.39 is 17.9 Å². The van der Waals surface area contributed by atoms with Crippen molar-refractivity contribution in [2.24, 2.45) is 0 Å². The van der Waals surface area contributed by atoms with Gasteiger partial charge in [0.25, 0.3) is 0 Å². The second-order valence-electron chi connectivity index (χ2n) is 3.43. The first-order valence-electron chi connectivity index (χ1n) is 5.00. The largest absolute Gasteiger partial charge is 0.468 e. The lowest BCUT2D eigenvalue weighted by Crippen LogP contribution is -2.25. The van der Waals surface area contributed by atoms with E-state index in [4.69, 9.17) is 11.0 Å². The smallest absolute Gasteiger partial charge is 0.324 e. The Kier molecular flexibility index (Phi) is 4.27. The van der Waals surface area contributed by atoms with Crippen LogP contribution in [0.25, 0.3) is 0 Å². The van der Waals surface area contributed by atoms with Crippen LogP contribution in [0.2, 0.25) is 0 Å². The minimum absolute atomic E-state index is 0.162. The lowest BCUT2D eigenvalue weighted by Gasteiger charge is -2.14. The third-order valence-corrected chi connectivity index (χ3v) is 2.40. The number of rotatable bonds is 3. The molecule has 0 amide bonds. The van der Waals surface area contributed by atoms with Crippen molar-refractivity contribution in [1.82, 2.24) is 0 Å². The van der Waals surface area contributed by atoms with Crippen LogP contribution in [-0.2, 0) is 19.1 Å². The number of anilines is 1. The predicted molar refractivity (Wildman–Crippen MR) is 62.3 cm³/mol. The Morgan fingerprint density at radius 3 is 2.22 bits per heavy atom. The maximum Gasteiger partial charge on any atom is 0.324 e. The zero-order chi connectivity index (χ0) is 13.7. The number of ether oxygens (including phenoxy) is 2. The number of nitrogen functional groups attached to an aromatic ring is 1. The molecule has 0 aromatic heterocycles. The Bertz CT molecular complexity index is 503. The van der Waals surface area contributed by atoms with E-state index in [2.05, 4.69) is 9.47 Å². The summed E-state index contributed by atoms with van der Waals surface area (Å²) >= 11 is 0. The molecular formula is C12H12N2O4. The van der Waals surface area contributed by atoms with Gasteiger partial charge in [0.2, 0.25) is 0 Å². The molecule has 6 nitrogen and oxygen atoms in total. The van der Waals surface area contributed by atoms with E-state index in [-0.39, 0.29) is 11.3 Å². The maximum absolute atomic E-state index is 11.6. The van der Waals surface area contributed by atoms with Crippen LogP contribution in [0.5, 0.6) is 0 Å². The van der Waals surface area contributed by atoms with Gasteiger partial charge in [-0.05, 0) is 12.1 Å². The van der Waals surface area contributed by atoms with Crippen LogP contribution in [0.4, 0.5) is 5.69 Å². The van der Waals surface area contributed by atoms with Crippen LogP contribution < -0.4 is 5.73 Å². The molecule has 0 radical (unpaired) electrons. The fourth-order valence-corrected chi connectivity index (χ4v) is 1.49. The van der Waals surface area contributed by atoms with Gasteiger partial charge in [0.15, 0.2) is 5.92 Å². The highest BCUT2D eigenvalue weighted by molar-refractivity contribution is 6.02. The predicted octanol–water partition coefficient (Wildman–Crippen LogP) is 0.570. The molecule has 0 bridgehead atoms. The monoisotopic (exact) mass is 248 g/mol. The summed E-state index contributed by atoms with van der Waals surface area (Å²) in [7, 11) is 2.33. The van der Waals surface area contributed by atoms with Crippen molar-refractivity contribution in [3.8, 4) is 6.07 Å². The average molecular weight is 248 g/mol. The highest BCUT2D eigenvalue weighted by atomic mass is 16.5. The van der Waals surface area contributed by atoms with Crippen LogP contribution in [0.3, 0.4) is 0 Å². The summed E-state index contributed by atoms with van der Waals surface area (Å²) in [5.74, 6) is -2.77. The van der Waals surface area contributed by atoms with Crippen LogP contribution in [0.1, 0.15) is 17.0 Å². The van der Waals surface area contributed by atoms with E-state index in [9.17, 15) is 9.59 Å². The van der Waals surface area contributed by atoms with Gasteiger partial charge >= 0.3 is 11.9 Å². The second-order valence-corrected chi connectivity index (χ2v) is 3.43. The normalized spacial score (nSPS) is 9.67. The number of carbonyl (C=O) groups is 2. The van der Waals surface area contributed by atoms with Crippen molar-refractivity contribution in [3.05, 3.63) is 29.3 Å². The lowest BCUT2D eigenvalue weighted by atomic mass is 9.96. The molecule has 0 atom stereocenters. The second kappa shape index (κ2) is 5.68. The molecule has 6 heteroatoms. The number of carbonyl (C=O) groups excluding carboxylic acids is 2. The fourth-order valence-electron chi connectivity index (χ4n) is 1.49. The highest BCUT2D eigenvalue weighted by Gasteiger charge is 2.32. The summed E-state index contributed by atoms with van der Waals surface area (Å²) in [5, 5.41) is 8.71. The van der Waals surface area contributed by atoms with Gasteiger partial charge in [-0.15, -0.1) is 0 Å². The summed E-state index contributed by atoms with van der Waals surface area (Å²) in [6, 6.07) is 6.19. The van der Waals surface area contributed by atoms with Crippen molar-refractivity contribution in [2.45, 2.75) is 5.92 Å². The van der Waals surface area contributed by atoms with E-state index in [1.807, 2.05) is 6.07 Å². The molecule has 1 aromatic carbocycles. The SMILES string of the molecule is COC(=O)C(C(=O)OC)c1ccc(C#N)cc1N. The lowest BCUT2D eigenvalue weighted by molar-refractivity contribution is -0.154. The molecule has 0 spiro atoms. The first kappa shape index (κ1) is 13.5. The standard InChI is InChI=1S/C12H12N2O4/c1-17-11(15)10(12(16)18-2)8-4-3-7(6-13)5-9(8)14/h3-5,10H,14H2,1-2H3. The Balaban J connectivity index is 3.26. The van der Waals surface area contributed by atoms with Crippen molar-refractivity contribution in [2.75, 3.05) is 20.0 Å². The Labute approximate surface area is 104 Å². The van der Waals surface area contributed by atoms with Gasteiger partial charge in [-0.2, -0.15) is 5.26 Å². The summed E-state index contributed by atoms with van der Waals surface area (Å²) < 4.78 is 9.08. The molecule has 0 saturated heterocycles. The maximum atomic E-state index is 11.6. The van der Waals surface area contributed by atoms with E-state index in [1.54, 1.807) is 0 Å². The van der Waals surface area contributed by atoms with E-state index >= 15 is 0 Å². The molecule has 1 aromatic rings. The highest BCUT2D eigenvalue weighted by Crippen LogP contribution is 2.25. The Hall–Kier alpha value is -2.55. The minimum Gasteiger partial charge on any atom is -0.468 e. The number of benzene rings is 1. The molecule has 0 heterocycles. The molecule has 1 rings (SSSR count). The van der Waals surface area contributed by atoms with E-state index in [0.717, 1.165) is 14.2 Å². The third-order valence-electron chi connectivity index (χ3n) is 2.40. The van der Waals surface area contributed by atoms with Gasteiger partial charge in [0, 0.05) is 11.3 Å². The summed E-state index contributed by atoms with van der Waals surface area (Å²) in [5.41, 5.74) is 6.47. The number of nitrogens with zero attached hydrogens (tertiary/aromatic N) is 1. The van der Waals surface area contributed by atoms with E-state index in [0.29, 0.717) is 5.56 Å². The van der Waals surface area contributed by atoms with Gasteiger partial charge in [-0.25, -0.2) is 0 Å². The average Bonchev–Trinajstić information content (AvgIpc) is 2.39. The molecule has 18 heavy (non-hydrogen) atoms. The molecule has 0 aliphatic rings. The fraction of sp³-hybridized carbons (Fsp3) is 0.250. The molecular weight excluding hydrogens is 236 g/mol. The number of hydrogen-bond donors (Lipinski definition) is 1.